The van der Waals surface area contributed by atoms with Crippen LogP contribution in [0.2, 0.25) is 0 Å². The number of allylic oxidation sites excluding steroid dienone is 2. The molecule has 0 aromatic heterocycles. The summed E-state index contributed by atoms with van der Waals surface area (Å²) in [6, 6.07) is 0. The Morgan fingerprint density at radius 3 is 2.38 bits per heavy atom. The van der Waals surface area contributed by atoms with Gasteiger partial charge in [0.05, 0.1) is 0 Å². The third kappa shape index (κ3) is 3.12. The summed E-state index contributed by atoms with van der Waals surface area (Å²) in [5.41, 5.74) is 2.94. The van der Waals surface area contributed by atoms with Crippen molar-refractivity contribution in [3.8, 4) is 11.8 Å². The van der Waals surface area contributed by atoms with Gasteiger partial charge in [0.15, 0.2) is 0 Å². The second kappa shape index (κ2) is 5.06. The minimum Gasteiger partial charge on any atom is -0.381 e. The van der Waals surface area contributed by atoms with Gasteiger partial charge in [-0.25, -0.2) is 0 Å². The second-order valence-electron chi connectivity index (χ2n) is 5.74. The molecular formula is C15H24O. The average molecular weight is 220 g/mol. The van der Waals surface area contributed by atoms with E-state index >= 15 is 0 Å². The van der Waals surface area contributed by atoms with Crippen LogP contribution in [0.4, 0.5) is 0 Å². The van der Waals surface area contributed by atoms with E-state index in [1.54, 1.807) is 6.92 Å². The maximum absolute atomic E-state index is 9.28. The number of hydrogen-bond acceptors (Lipinski definition) is 1. The Balaban J connectivity index is 3.15. The molecule has 0 spiro atoms. The highest BCUT2D eigenvalue weighted by Gasteiger charge is 2.29. The van der Waals surface area contributed by atoms with Gasteiger partial charge < -0.3 is 5.11 Å². The van der Waals surface area contributed by atoms with Crippen LogP contribution in [-0.2, 0) is 0 Å². The molecule has 0 aliphatic heterocycles. The van der Waals surface area contributed by atoms with E-state index < -0.39 is 6.10 Å². The highest BCUT2D eigenvalue weighted by atomic mass is 16.3. The molecule has 0 bridgehead atoms. The Hall–Kier alpha value is -0.740. The topological polar surface area (TPSA) is 20.2 Å². The van der Waals surface area contributed by atoms with Gasteiger partial charge in [0.25, 0.3) is 0 Å². The maximum atomic E-state index is 9.28. The normalized spacial score (nSPS) is 21.7. The lowest BCUT2D eigenvalue weighted by Crippen LogP contribution is -2.22. The van der Waals surface area contributed by atoms with E-state index in [9.17, 15) is 5.11 Å². The van der Waals surface area contributed by atoms with Crippen molar-refractivity contribution in [1.82, 2.24) is 0 Å². The van der Waals surface area contributed by atoms with E-state index in [4.69, 9.17) is 0 Å². The molecule has 1 nitrogen and oxygen atoms in total. The summed E-state index contributed by atoms with van der Waals surface area (Å²) >= 11 is 0. The summed E-state index contributed by atoms with van der Waals surface area (Å²) in [7, 11) is 0. The zero-order valence-corrected chi connectivity index (χ0v) is 11.2. The van der Waals surface area contributed by atoms with Crippen molar-refractivity contribution in [3.05, 3.63) is 11.1 Å². The van der Waals surface area contributed by atoms with Crippen LogP contribution in [0.5, 0.6) is 0 Å². The fraction of sp³-hybridized carbons (Fsp3) is 0.733. The maximum Gasteiger partial charge on any atom is 0.112 e. The van der Waals surface area contributed by atoms with E-state index in [0.717, 1.165) is 0 Å². The number of hydrogen-bond donors (Lipinski definition) is 1. The number of aliphatic hydroxyl groups excluding tert-OH is 1. The first-order valence-corrected chi connectivity index (χ1v) is 6.27. The Morgan fingerprint density at radius 2 is 1.88 bits per heavy atom. The second-order valence-corrected chi connectivity index (χ2v) is 5.74. The fourth-order valence-corrected chi connectivity index (χ4v) is 2.41. The Morgan fingerprint density at radius 1 is 1.25 bits per heavy atom. The van der Waals surface area contributed by atoms with Gasteiger partial charge >= 0.3 is 0 Å². The summed E-state index contributed by atoms with van der Waals surface area (Å²) in [5, 5.41) is 9.28. The molecular weight excluding hydrogens is 196 g/mol. The molecule has 1 unspecified atom stereocenters. The van der Waals surface area contributed by atoms with Crippen molar-refractivity contribution in [2.45, 2.75) is 60.0 Å². The SMILES string of the molecule is CC(O)C#CC1=C(C(C)C)CCCC1(C)C. The highest BCUT2D eigenvalue weighted by Crippen LogP contribution is 2.42. The Kier molecular flexibility index (Phi) is 4.21. The molecule has 90 valence electrons. The van der Waals surface area contributed by atoms with Crippen LogP contribution in [0.15, 0.2) is 11.1 Å². The summed E-state index contributed by atoms with van der Waals surface area (Å²) in [6.07, 6.45) is 3.11. The first-order chi connectivity index (χ1) is 7.34. The van der Waals surface area contributed by atoms with E-state index in [-0.39, 0.29) is 5.41 Å². The molecule has 1 rings (SSSR count). The molecule has 0 fully saturated rings. The molecule has 0 saturated carbocycles. The quantitative estimate of drug-likeness (QED) is 0.670. The van der Waals surface area contributed by atoms with E-state index in [1.165, 1.54) is 30.4 Å². The molecule has 0 aromatic carbocycles. The molecule has 0 aromatic rings. The first-order valence-electron chi connectivity index (χ1n) is 6.27. The monoisotopic (exact) mass is 220 g/mol. The van der Waals surface area contributed by atoms with Gasteiger partial charge in [0.1, 0.15) is 6.10 Å². The first kappa shape index (κ1) is 13.3. The van der Waals surface area contributed by atoms with Gasteiger partial charge in [-0.15, -0.1) is 0 Å². The lowest BCUT2D eigenvalue weighted by atomic mass is 9.70. The van der Waals surface area contributed by atoms with Crippen LogP contribution in [-0.4, -0.2) is 11.2 Å². The van der Waals surface area contributed by atoms with Crippen LogP contribution >= 0.6 is 0 Å². The van der Waals surface area contributed by atoms with Gasteiger partial charge in [-0.05, 0) is 37.5 Å². The third-order valence-electron chi connectivity index (χ3n) is 3.35. The van der Waals surface area contributed by atoms with E-state index in [0.29, 0.717) is 5.92 Å². The summed E-state index contributed by atoms with van der Waals surface area (Å²) < 4.78 is 0. The average Bonchev–Trinajstić information content (AvgIpc) is 2.13. The van der Waals surface area contributed by atoms with E-state index in [1.807, 2.05) is 0 Å². The zero-order chi connectivity index (χ0) is 12.3. The highest BCUT2D eigenvalue weighted by molar-refractivity contribution is 5.41. The van der Waals surface area contributed by atoms with Crippen LogP contribution in [0.25, 0.3) is 0 Å². The largest absolute Gasteiger partial charge is 0.381 e. The van der Waals surface area contributed by atoms with Gasteiger partial charge in [-0.1, -0.05) is 45.1 Å². The molecule has 1 N–H and O–H groups in total. The number of aliphatic hydroxyl groups is 1. The number of rotatable bonds is 1. The molecule has 0 radical (unpaired) electrons. The lowest BCUT2D eigenvalue weighted by Gasteiger charge is -2.34. The van der Waals surface area contributed by atoms with Crippen molar-refractivity contribution in [2.24, 2.45) is 11.3 Å². The molecule has 1 aliphatic carbocycles. The molecule has 0 amide bonds. The van der Waals surface area contributed by atoms with Crippen molar-refractivity contribution in [3.63, 3.8) is 0 Å². The standard InChI is InChI=1S/C15H24O/c1-11(2)13-7-6-10-15(4,5)14(13)9-8-12(3)16/h11-12,16H,6-7,10H2,1-5H3. The van der Waals surface area contributed by atoms with Gasteiger partial charge in [0, 0.05) is 5.57 Å². The molecule has 16 heavy (non-hydrogen) atoms. The van der Waals surface area contributed by atoms with Crippen LogP contribution in [0.1, 0.15) is 53.9 Å². The summed E-state index contributed by atoms with van der Waals surface area (Å²) in [6.45, 7) is 10.7. The van der Waals surface area contributed by atoms with Crippen molar-refractivity contribution in [1.29, 1.82) is 0 Å². The Bertz CT molecular complexity index is 334. The molecule has 1 atom stereocenters. The minimum atomic E-state index is -0.529. The molecule has 1 aliphatic rings. The smallest absolute Gasteiger partial charge is 0.112 e. The fourth-order valence-electron chi connectivity index (χ4n) is 2.41. The van der Waals surface area contributed by atoms with Crippen LogP contribution in [0.3, 0.4) is 0 Å². The zero-order valence-electron chi connectivity index (χ0n) is 11.2. The lowest BCUT2D eigenvalue weighted by molar-refractivity contribution is 0.253. The van der Waals surface area contributed by atoms with E-state index in [2.05, 4.69) is 39.5 Å². The molecule has 1 heteroatoms. The third-order valence-corrected chi connectivity index (χ3v) is 3.35. The van der Waals surface area contributed by atoms with Crippen LogP contribution in [0, 0.1) is 23.2 Å². The summed E-state index contributed by atoms with van der Waals surface area (Å²) in [5.74, 6) is 6.69. The van der Waals surface area contributed by atoms with Crippen LogP contribution < -0.4 is 0 Å². The Labute approximate surface area is 99.9 Å². The predicted molar refractivity (Wildman–Crippen MR) is 69.0 cm³/mol. The van der Waals surface area contributed by atoms with Crippen molar-refractivity contribution in [2.75, 3.05) is 0 Å². The van der Waals surface area contributed by atoms with Crippen molar-refractivity contribution >= 4 is 0 Å². The van der Waals surface area contributed by atoms with Gasteiger partial charge in [-0.3, -0.25) is 0 Å². The molecule has 0 saturated heterocycles. The van der Waals surface area contributed by atoms with Gasteiger partial charge in [-0.2, -0.15) is 0 Å². The minimum absolute atomic E-state index is 0.180. The summed E-state index contributed by atoms with van der Waals surface area (Å²) in [4.78, 5) is 0. The van der Waals surface area contributed by atoms with Crippen molar-refractivity contribution < 1.29 is 5.11 Å². The van der Waals surface area contributed by atoms with Gasteiger partial charge in [0.2, 0.25) is 0 Å². The molecule has 0 heterocycles. The predicted octanol–water partition coefficient (Wildman–Crippen LogP) is 3.53.